The van der Waals surface area contributed by atoms with Gasteiger partial charge in [-0.15, -0.1) is 0 Å². The van der Waals surface area contributed by atoms with Gasteiger partial charge in [-0.05, 0) is 42.2 Å². The Bertz CT molecular complexity index is 879. The highest BCUT2D eigenvalue weighted by Crippen LogP contribution is 2.28. The van der Waals surface area contributed by atoms with Crippen molar-refractivity contribution in [1.82, 2.24) is 0 Å². The van der Waals surface area contributed by atoms with Crippen LogP contribution in [0.25, 0.3) is 11.0 Å². The molecule has 2 N–H and O–H groups in total. The maximum Gasteiger partial charge on any atom is 0.340 e. The highest BCUT2D eigenvalue weighted by molar-refractivity contribution is 5.93. The maximum atomic E-state index is 12.4. The van der Waals surface area contributed by atoms with E-state index in [1.807, 2.05) is 49.4 Å². The van der Waals surface area contributed by atoms with E-state index in [0.29, 0.717) is 23.3 Å². The Morgan fingerprint density at radius 3 is 2.50 bits per heavy atom. The van der Waals surface area contributed by atoms with Gasteiger partial charge in [-0.2, -0.15) is 0 Å². The van der Waals surface area contributed by atoms with Gasteiger partial charge in [0.15, 0.2) is 0 Å². The molecule has 0 amide bonds. The van der Waals surface area contributed by atoms with Crippen LogP contribution in [-0.4, -0.2) is 0 Å². The lowest BCUT2D eigenvalue weighted by Gasteiger charge is -2.11. The zero-order valence-corrected chi connectivity index (χ0v) is 12.8. The summed E-state index contributed by atoms with van der Waals surface area (Å²) in [5.74, 6) is 0. The monoisotopic (exact) mass is 293 g/mol. The molecule has 0 atom stereocenters. The molecule has 22 heavy (non-hydrogen) atoms. The number of nitrogen functional groups attached to an aromatic ring is 1. The van der Waals surface area contributed by atoms with Crippen molar-refractivity contribution in [3.05, 3.63) is 75.1 Å². The number of aryl methyl sites for hydroxylation is 2. The average Bonchev–Trinajstić information content (AvgIpc) is 2.51. The highest BCUT2D eigenvalue weighted by atomic mass is 16.4. The Hall–Kier alpha value is -2.55. The fraction of sp³-hybridized carbons (Fsp3) is 0.211. The van der Waals surface area contributed by atoms with Gasteiger partial charge >= 0.3 is 5.63 Å². The Morgan fingerprint density at radius 1 is 1.09 bits per heavy atom. The number of hydrogen-bond acceptors (Lipinski definition) is 3. The number of hydrogen-bond donors (Lipinski definition) is 1. The van der Waals surface area contributed by atoms with Crippen LogP contribution in [0.2, 0.25) is 0 Å². The smallest absolute Gasteiger partial charge is 0.340 e. The normalized spacial score (nSPS) is 11.0. The van der Waals surface area contributed by atoms with Crippen LogP contribution in [0, 0.1) is 6.92 Å². The summed E-state index contributed by atoms with van der Waals surface area (Å²) in [6.45, 7) is 3.99. The van der Waals surface area contributed by atoms with Crippen LogP contribution in [0.4, 0.5) is 5.69 Å². The first kappa shape index (κ1) is 14.4. The minimum Gasteiger partial charge on any atom is -0.422 e. The third-order valence-electron chi connectivity index (χ3n) is 4.10. The Kier molecular flexibility index (Phi) is 3.72. The molecule has 1 heterocycles. The molecular weight excluding hydrogens is 274 g/mol. The number of fused-ring (bicyclic) bond motifs is 1. The lowest BCUT2D eigenvalue weighted by molar-refractivity contribution is 0.550. The largest absolute Gasteiger partial charge is 0.422 e. The zero-order chi connectivity index (χ0) is 15.7. The van der Waals surface area contributed by atoms with Crippen molar-refractivity contribution >= 4 is 16.7 Å². The predicted molar refractivity (Wildman–Crippen MR) is 90.3 cm³/mol. The summed E-state index contributed by atoms with van der Waals surface area (Å²) in [5.41, 5.74) is 10.9. The summed E-state index contributed by atoms with van der Waals surface area (Å²) in [7, 11) is 0. The highest BCUT2D eigenvalue weighted by Gasteiger charge is 2.14. The van der Waals surface area contributed by atoms with Crippen molar-refractivity contribution in [3.63, 3.8) is 0 Å². The van der Waals surface area contributed by atoms with Crippen LogP contribution in [0.5, 0.6) is 0 Å². The first-order chi connectivity index (χ1) is 10.6. The van der Waals surface area contributed by atoms with Crippen molar-refractivity contribution in [2.75, 3.05) is 5.73 Å². The molecule has 0 fully saturated rings. The van der Waals surface area contributed by atoms with Crippen LogP contribution in [-0.2, 0) is 12.8 Å². The zero-order valence-electron chi connectivity index (χ0n) is 12.8. The summed E-state index contributed by atoms with van der Waals surface area (Å²) >= 11 is 0. The van der Waals surface area contributed by atoms with E-state index in [1.54, 1.807) is 0 Å². The molecule has 3 heteroatoms. The molecule has 3 nitrogen and oxygen atoms in total. The lowest BCUT2D eigenvalue weighted by atomic mass is 9.97. The summed E-state index contributed by atoms with van der Waals surface area (Å²) in [5, 5.41) is 0.850. The molecule has 3 rings (SSSR count). The van der Waals surface area contributed by atoms with Crippen molar-refractivity contribution in [1.29, 1.82) is 0 Å². The van der Waals surface area contributed by atoms with E-state index in [1.165, 1.54) is 0 Å². The van der Waals surface area contributed by atoms with Crippen LogP contribution in [0.15, 0.2) is 51.7 Å². The summed E-state index contributed by atoms with van der Waals surface area (Å²) in [6, 6.07) is 13.8. The van der Waals surface area contributed by atoms with Gasteiger partial charge in [0.25, 0.3) is 0 Å². The average molecular weight is 293 g/mol. The number of anilines is 1. The van der Waals surface area contributed by atoms with E-state index in [4.69, 9.17) is 10.2 Å². The fourth-order valence-corrected chi connectivity index (χ4v) is 2.85. The molecule has 0 saturated carbocycles. The second kappa shape index (κ2) is 5.68. The van der Waals surface area contributed by atoms with E-state index in [9.17, 15) is 4.79 Å². The first-order valence-corrected chi connectivity index (χ1v) is 7.48. The second-order valence-corrected chi connectivity index (χ2v) is 5.57. The summed E-state index contributed by atoms with van der Waals surface area (Å²) < 4.78 is 5.53. The van der Waals surface area contributed by atoms with Crippen LogP contribution < -0.4 is 11.4 Å². The molecule has 0 aliphatic rings. The standard InChI is InChI=1S/C19H19NO2/c1-3-13-10-16(20)18-12(2)15(19(21)22-17(18)11-13)9-14-7-5-4-6-8-14/h4-8,10-11H,3,9,20H2,1-2H3. The van der Waals surface area contributed by atoms with Crippen LogP contribution in [0.1, 0.15) is 29.2 Å². The molecule has 3 aromatic rings. The van der Waals surface area contributed by atoms with Crippen LogP contribution in [0.3, 0.4) is 0 Å². The fourth-order valence-electron chi connectivity index (χ4n) is 2.85. The van der Waals surface area contributed by atoms with Gasteiger partial charge in [0, 0.05) is 23.1 Å². The van der Waals surface area contributed by atoms with E-state index < -0.39 is 0 Å². The van der Waals surface area contributed by atoms with E-state index in [2.05, 4.69) is 6.92 Å². The van der Waals surface area contributed by atoms with Crippen molar-refractivity contribution in [2.24, 2.45) is 0 Å². The Balaban J connectivity index is 2.20. The van der Waals surface area contributed by atoms with Crippen LogP contribution >= 0.6 is 0 Å². The molecule has 0 unspecified atom stereocenters. The van der Waals surface area contributed by atoms with Gasteiger partial charge in [-0.1, -0.05) is 37.3 Å². The number of nitrogens with two attached hydrogens (primary N) is 1. The minimum atomic E-state index is -0.276. The SMILES string of the molecule is CCc1cc(N)c2c(C)c(Cc3ccccc3)c(=O)oc2c1. The molecule has 0 saturated heterocycles. The van der Waals surface area contributed by atoms with Crippen molar-refractivity contribution < 1.29 is 4.42 Å². The Labute approximate surface area is 129 Å². The second-order valence-electron chi connectivity index (χ2n) is 5.57. The van der Waals surface area contributed by atoms with Gasteiger partial charge < -0.3 is 10.2 Å². The third kappa shape index (κ3) is 2.50. The summed E-state index contributed by atoms with van der Waals surface area (Å²) in [4.78, 5) is 12.4. The topological polar surface area (TPSA) is 56.2 Å². The van der Waals surface area contributed by atoms with Gasteiger partial charge in [0.1, 0.15) is 5.58 Å². The maximum absolute atomic E-state index is 12.4. The lowest BCUT2D eigenvalue weighted by Crippen LogP contribution is -2.11. The molecular formula is C19H19NO2. The van der Waals surface area contributed by atoms with Gasteiger partial charge in [-0.25, -0.2) is 4.79 Å². The van der Waals surface area contributed by atoms with Gasteiger partial charge in [0.2, 0.25) is 0 Å². The summed E-state index contributed by atoms with van der Waals surface area (Å²) in [6.07, 6.45) is 1.41. The van der Waals surface area contributed by atoms with E-state index in [0.717, 1.165) is 28.5 Å². The third-order valence-corrected chi connectivity index (χ3v) is 4.10. The minimum absolute atomic E-state index is 0.276. The number of rotatable bonds is 3. The Morgan fingerprint density at radius 2 is 1.82 bits per heavy atom. The van der Waals surface area contributed by atoms with Gasteiger partial charge in [0.05, 0.1) is 0 Å². The molecule has 0 radical (unpaired) electrons. The van der Waals surface area contributed by atoms with Crippen molar-refractivity contribution in [3.8, 4) is 0 Å². The molecule has 0 aliphatic carbocycles. The molecule has 0 bridgehead atoms. The van der Waals surface area contributed by atoms with Gasteiger partial charge in [-0.3, -0.25) is 0 Å². The number of benzene rings is 2. The molecule has 112 valence electrons. The van der Waals surface area contributed by atoms with Crippen molar-refractivity contribution in [2.45, 2.75) is 26.7 Å². The molecule has 0 aliphatic heterocycles. The van der Waals surface area contributed by atoms with E-state index in [-0.39, 0.29) is 5.63 Å². The molecule has 0 spiro atoms. The molecule has 2 aromatic carbocycles. The first-order valence-electron chi connectivity index (χ1n) is 7.48. The molecule has 1 aromatic heterocycles. The predicted octanol–water partition coefficient (Wildman–Crippen LogP) is 3.84. The van der Waals surface area contributed by atoms with E-state index >= 15 is 0 Å². The quantitative estimate of drug-likeness (QED) is 0.589.